The van der Waals surface area contributed by atoms with Crippen LogP contribution in [0.5, 0.6) is 0 Å². The van der Waals surface area contributed by atoms with Crippen LogP contribution in [0.4, 0.5) is 0 Å². The Morgan fingerprint density at radius 3 is 2.25 bits per heavy atom. The largest absolute Gasteiger partial charge is 0.384 e. The van der Waals surface area contributed by atoms with Crippen molar-refractivity contribution in [2.45, 2.75) is 19.6 Å². The highest BCUT2D eigenvalue weighted by molar-refractivity contribution is 6.83. The number of hydrogen-bond acceptors (Lipinski definition) is 1. The van der Waals surface area contributed by atoms with Crippen molar-refractivity contribution in [3.63, 3.8) is 0 Å². The minimum Gasteiger partial charge on any atom is -0.384 e. The van der Waals surface area contributed by atoms with E-state index in [1.54, 1.807) is 12.2 Å². The van der Waals surface area contributed by atoms with Gasteiger partial charge in [0.25, 0.3) is 0 Å². The van der Waals surface area contributed by atoms with Gasteiger partial charge in [0, 0.05) is 0 Å². The third-order valence-corrected chi connectivity index (χ3v) is 1.77. The quantitative estimate of drug-likeness (QED) is 0.439. The Labute approximate surface area is 75.5 Å². The summed E-state index contributed by atoms with van der Waals surface area (Å²) in [7, 11) is -1.24. The van der Waals surface area contributed by atoms with Crippen molar-refractivity contribution in [1.82, 2.24) is 0 Å². The average molecular weight is 178 g/mol. The molecule has 0 unspecified atom stereocenters. The maximum atomic E-state index is 8.32. The molecule has 0 bridgehead atoms. The van der Waals surface area contributed by atoms with E-state index in [0.717, 1.165) is 0 Å². The van der Waals surface area contributed by atoms with Crippen molar-refractivity contribution >= 4 is 8.07 Å². The van der Waals surface area contributed by atoms with Crippen molar-refractivity contribution in [3.8, 4) is 23.3 Å². The molecular weight excluding hydrogens is 164 g/mol. The second kappa shape index (κ2) is 5.66. The fraction of sp³-hybridized carbons (Fsp3) is 0.400. The van der Waals surface area contributed by atoms with Crippen molar-refractivity contribution in [3.05, 3.63) is 12.2 Å². The van der Waals surface area contributed by atoms with Crippen LogP contribution in [-0.2, 0) is 0 Å². The second-order valence-electron chi connectivity index (χ2n) is 3.33. The first kappa shape index (κ1) is 11.0. The second-order valence-corrected chi connectivity index (χ2v) is 8.08. The molecule has 0 spiro atoms. The summed E-state index contributed by atoms with van der Waals surface area (Å²) < 4.78 is 0. The smallest absolute Gasteiger partial charge is 0.129 e. The summed E-state index contributed by atoms with van der Waals surface area (Å²) in [5.41, 5.74) is 3.17. The summed E-state index contributed by atoms with van der Waals surface area (Å²) in [6.45, 7) is 6.47. The molecule has 0 aromatic carbocycles. The van der Waals surface area contributed by atoms with E-state index in [0.29, 0.717) is 0 Å². The van der Waals surface area contributed by atoms with Crippen LogP contribution in [0.15, 0.2) is 12.2 Å². The highest BCUT2D eigenvalue weighted by Gasteiger charge is 2.06. The normalized spacial score (nSPS) is 10.0. The van der Waals surface area contributed by atoms with Crippen molar-refractivity contribution in [1.29, 1.82) is 0 Å². The van der Waals surface area contributed by atoms with E-state index in [1.165, 1.54) is 0 Å². The van der Waals surface area contributed by atoms with Gasteiger partial charge in [-0.15, -0.1) is 5.54 Å². The fourth-order valence-corrected chi connectivity index (χ4v) is 0.962. The van der Waals surface area contributed by atoms with Crippen molar-refractivity contribution < 1.29 is 5.11 Å². The van der Waals surface area contributed by atoms with Gasteiger partial charge in [-0.25, -0.2) is 0 Å². The van der Waals surface area contributed by atoms with Gasteiger partial charge >= 0.3 is 0 Å². The van der Waals surface area contributed by atoms with E-state index < -0.39 is 8.07 Å². The molecule has 1 nitrogen and oxygen atoms in total. The van der Waals surface area contributed by atoms with E-state index in [4.69, 9.17) is 5.11 Å². The Balaban J connectivity index is 3.95. The highest BCUT2D eigenvalue weighted by Crippen LogP contribution is 1.95. The Hall–Kier alpha value is -0.963. The molecule has 12 heavy (non-hydrogen) atoms. The van der Waals surface area contributed by atoms with Crippen molar-refractivity contribution in [2.24, 2.45) is 0 Å². The molecule has 0 rings (SSSR count). The molecule has 64 valence electrons. The Bertz CT molecular complexity index is 262. The summed E-state index contributed by atoms with van der Waals surface area (Å²) >= 11 is 0. The SMILES string of the molecule is C[Si](C)(C)C#C/C=C\C#CCO. The molecule has 0 aromatic rings. The van der Waals surface area contributed by atoms with Crippen LogP contribution in [0, 0.1) is 23.3 Å². The first-order chi connectivity index (χ1) is 5.56. The Morgan fingerprint density at radius 2 is 1.75 bits per heavy atom. The number of hydrogen-bond donors (Lipinski definition) is 1. The van der Waals surface area contributed by atoms with E-state index in [2.05, 4.69) is 42.9 Å². The third-order valence-electron chi connectivity index (χ3n) is 0.878. The molecule has 0 aromatic heterocycles. The summed E-state index contributed by atoms with van der Waals surface area (Å²) in [6.07, 6.45) is 3.38. The Kier molecular flexibility index (Phi) is 5.20. The summed E-state index contributed by atoms with van der Waals surface area (Å²) in [5, 5.41) is 8.32. The van der Waals surface area contributed by atoms with Crippen LogP contribution in [0.2, 0.25) is 19.6 Å². The van der Waals surface area contributed by atoms with Gasteiger partial charge in [-0.2, -0.15) is 0 Å². The average Bonchev–Trinajstić information content (AvgIpc) is 1.94. The summed E-state index contributed by atoms with van der Waals surface area (Å²) in [4.78, 5) is 0. The van der Waals surface area contributed by atoms with Gasteiger partial charge in [0.15, 0.2) is 0 Å². The van der Waals surface area contributed by atoms with Gasteiger partial charge in [0.1, 0.15) is 14.7 Å². The van der Waals surface area contributed by atoms with E-state index in [-0.39, 0.29) is 6.61 Å². The van der Waals surface area contributed by atoms with E-state index in [1.807, 2.05) is 0 Å². The molecule has 0 aliphatic rings. The molecular formula is C10H14OSi. The molecule has 0 saturated heterocycles. The van der Waals surface area contributed by atoms with Crippen LogP contribution in [0.3, 0.4) is 0 Å². The predicted octanol–water partition coefficient (Wildman–Crippen LogP) is 1.42. The first-order valence-electron chi connectivity index (χ1n) is 3.83. The number of aliphatic hydroxyl groups is 1. The molecule has 0 aliphatic carbocycles. The molecule has 0 amide bonds. The number of aliphatic hydroxyl groups excluding tert-OH is 1. The van der Waals surface area contributed by atoms with Gasteiger partial charge in [-0.3, -0.25) is 0 Å². The van der Waals surface area contributed by atoms with E-state index in [9.17, 15) is 0 Å². The first-order valence-corrected chi connectivity index (χ1v) is 7.33. The van der Waals surface area contributed by atoms with Crippen LogP contribution >= 0.6 is 0 Å². The highest BCUT2D eigenvalue weighted by atomic mass is 28.3. The topological polar surface area (TPSA) is 20.2 Å². The molecule has 0 saturated carbocycles. The van der Waals surface area contributed by atoms with Gasteiger partial charge in [-0.1, -0.05) is 37.4 Å². The molecule has 1 N–H and O–H groups in total. The molecule has 0 radical (unpaired) electrons. The third kappa shape index (κ3) is 9.04. The molecule has 0 aliphatic heterocycles. The van der Waals surface area contributed by atoms with Crippen LogP contribution < -0.4 is 0 Å². The van der Waals surface area contributed by atoms with Gasteiger partial charge in [0.05, 0.1) is 0 Å². The maximum absolute atomic E-state index is 8.32. The lowest BCUT2D eigenvalue weighted by atomic mass is 10.5. The lowest BCUT2D eigenvalue weighted by molar-refractivity contribution is 0.350. The van der Waals surface area contributed by atoms with Gasteiger partial charge < -0.3 is 5.11 Å². The molecule has 2 heteroatoms. The minimum absolute atomic E-state index is 0.0915. The monoisotopic (exact) mass is 178 g/mol. The van der Waals surface area contributed by atoms with Crippen LogP contribution in [0.1, 0.15) is 0 Å². The zero-order chi connectivity index (χ0) is 9.45. The zero-order valence-electron chi connectivity index (χ0n) is 7.81. The minimum atomic E-state index is -1.24. The summed E-state index contributed by atoms with van der Waals surface area (Å²) in [5.74, 6) is 8.09. The molecule has 0 heterocycles. The van der Waals surface area contributed by atoms with Gasteiger partial charge in [0.2, 0.25) is 0 Å². The summed E-state index contributed by atoms with van der Waals surface area (Å²) in [6, 6.07) is 0. The predicted molar refractivity (Wildman–Crippen MR) is 55.1 cm³/mol. The number of rotatable bonds is 0. The lowest BCUT2D eigenvalue weighted by Gasteiger charge is -2.01. The lowest BCUT2D eigenvalue weighted by Crippen LogP contribution is -2.16. The van der Waals surface area contributed by atoms with Crippen molar-refractivity contribution in [2.75, 3.05) is 6.61 Å². The fourth-order valence-electron chi connectivity index (χ4n) is 0.446. The number of allylic oxidation sites excluding steroid dienone is 2. The van der Waals surface area contributed by atoms with Gasteiger partial charge in [-0.05, 0) is 12.2 Å². The Morgan fingerprint density at radius 1 is 1.17 bits per heavy atom. The maximum Gasteiger partial charge on any atom is 0.129 e. The zero-order valence-corrected chi connectivity index (χ0v) is 8.81. The molecule has 0 fully saturated rings. The molecule has 0 atom stereocenters. The van der Waals surface area contributed by atoms with Crippen LogP contribution in [0.25, 0.3) is 0 Å². The standard InChI is InChI=1S/C10H14OSi/c1-12(2,3)10-8-6-4-5-7-9-11/h4,6,11H,9H2,1-3H3/b6-4-. The van der Waals surface area contributed by atoms with E-state index >= 15 is 0 Å². The van der Waals surface area contributed by atoms with Crippen LogP contribution in [-0.4, -0.2) is 19.8 Å².